The molecule has 0 aromatic heterocycles. The average molecular weight is 509 g/mol. The summed E-state index contributed by atoms with van der Waals surface area (Å²) in [5.74, 6) is -0.0639. The van der Waals surface area contributed by atoms with Crippen LogP contribution in [0.15, 0.2) is 47.6 Å². The maximum Gasteiger partial charge on any atom is 0.260 e. The zero-order valence-electron chi connectivity index (χ0n) is 21.1. The largest absolute Gasteiger partial charge is 0.490 e. The molecule has 2 aromatic carbocycles. The molecule has 0 radical (unpaired) electrons. The number of amides is 3. The molecule has 0 bridgehead atoms. The number of aryl methyl sites for hydroxylation is 1. The molecule has 4 rings (SSSR count). The second-order valence-electron chi connectivity index (χ2n) is 8.90. The lowest BCUT2D eigenvalue weighted by Gasteiger charge is -2.26. The molecule has 0 unspecified atom stereocenters. The highest BCUT2D eigenvalue weighted by molar-refractivity contribution is 6.00. The summed E-state index contributed by atoms with van der Waals surface area (Å²) in [6.45, 7) is 6.64. The second-order valence-corrected chi connectivity index (χ2v) is 8.90. The Hall–Kier alpha value is -3.92. The van der Waals surface area contributed by atoms with Crippen molar-refractivity contribution in [2.75, 3.05) is 51.0 Å². The summed E-state index contributed by atoms with van der Waals surface area (Å²) in [4.78, 5) is 40.8. The summed E-state index contributed by atoms with van der Waals surface area (Å²) in [5.41, 5.74) is 5.10. The molecule has 1 atom stereocenters. The van der Waals surface area contributed by atoms with E-state index in [1.165, 1.54) is 6.21 Å². The van der Waals surface area contributed by atoms with Crippen LogP contribution in [0.4, 0.5) is 5.69 Å². The molecule has 0 aliphatic carbocycles. The van der Waals surface area contributed by atoms with Crippen molar-refractivity contribution in [3.8, 4) is 11.5 Å². The predicted molar refractivity (Wildman–Crippen MR) is 138 cm³/mol. The van der Waals surface area contributed by atoms with E-state index in [-0.39, 0.29) is 30.7 Å². The van der Waals surface area contributed by atoms with Crippen molar-refractivity contribution in [1.82, 2.24) is 10.3 Å². The molecule has 2 aliphatic heterocycles. The molecule has 2 fully saturated rings. The Kier molecular flexibility index (Phi) is 8.73. The van der Waals surface area contributed by atoms with Crippen molar-refractivity contribution in [2.24, 2.45) is 11.0 Å². The van der Waals surface area contributed by atoms with E-state index in [9.17, 15) is 14.4 Å². The van der Waals surface area contributed by atoms with Crippen molar-refractivity contribution >= 4 is 29.6 Å². The van der Waals surface area contributed by atoms with Gasteiger partial charge < -0.3 is 24.0 Å². The summed E-state index contributed by atoms with van der Waals surface area (Å²) in [5, 5.41) is 4.06. The van der Waals surface area contributed by atoms with Crippen molar-refractivity contribution in [3.05, 3.63) is 53.6 Å². The van der Waals surface area contributed by atoms with Crippen LogP contribution in [0.2, 0.25) is 0 Å². The minimum Gasteiger partial charge on any atom is -0.490 e. The minimum absolute atomic E-state index is 0.0861. The monoisotopic (exact) mass is 508 g/mol. The maximum atomic E-state index is 12.6. The fraction of sp³-hybridized carbons (Fsp3) is 0.407. The Morgan fingerprint density at radius 2 is 1.86 bits per heavy atom. The Morgan fingerprint density at radius 1 is 1.11 bits per heavy atom. The zero-order valence-corrected chi connectivity index (χ0v) is 21.1. The topological polar surface area (TPSA) is 110 Å². The van der Waals surface area contributed by atoms with Crippen molar-refractivity contribution in [1.29, 1.82) is 0 Å². The van der Waals surface area contributed by atoms with Gasteiger partial charge >= 0.3 is 0 Å². The van der Waals surface area contributed by atoms with Crippen LogP contribution in [0.1, 0.15) is 24.5 Å². The number of ether oxygens (including phenoxy) is 3. The Labute approximate surface area is 216 Å². The predicted octanol–water partition coefficient (Wildman–Crippen LogP) is 2.13. The molecule has 0 spiro atoms. The van der Waals surface area contributed by atoms with Gasteiger partial charge in [0.15, 0.2) is 18.1 Å². The lowest BCUT2D eigenvalue weighted by atomic mass is 10.1. The minimum atomic E-state index is -0.482. The first-order valence-electron chi connectivity index (χ1n) is 12.4. The first-order valence-corrected chi connectivity index (χ1v) is 12.4. The third-order valence-corrected chi connectivity index (χ3v) is 6.21. The highest BCUT2D eigenvalue weighted by Crippen LogP contribution is 2.28. The van der Waals surface area contributed by atoms with Gasteiger partial charge in [-0.15, -0.1) is 0 Å². The van der Waals surface area contributed by atoms with Gasteiger partial charge in [-0.2, -0.15) is 5.10 Å². The van der Waals surface area contributed by atoms with E-state index < -0.39 is 5.92 Å². The summed E-state index contributed by atoms with van der Waals surface area (Å²) >= 11 is 0. The van der Waals surface area contributed by atoms with E-state index in [0.717, 1.165) is 11.3 Å². The van der Waals surface area contributed by atoms with Crippen LogP contribution >= 0.6 is 0 Å². The van der Waals surface area contributed by atoms with Crippen LogP contribution in [0.5, 0.6) is 11.5 Å². The SMILES string of the molecule is CCOc1cc(/C=N/NC(=O)[C@H]2CC(=O)N(c3ccc(C)cc3)C2)ccc1OCC(=O)N1CCOCC1. The lowest BCUT2D eigenvalue weighted by Crippen LogP contribution is -2.43. The number of anilines is 1. The number of benzene rings is 2. The molecular formula is C27H32N4O6. The lowest BCUT2D eigenvalue weighted by molar-refractivity contribution is -0.137. The Balaban J connectivity index is 1.32. The van der Waals surface area contributed by atoms with Crippen molar-refractivity contribution in [2.45, 2.75) is 20.3 Å². The number of hydrogen-bond acceptors (Lipinski definition) is 7. The van der Waals surface area contributed by atoms with Crippen LogP contribution in [0, 0.1) is 12.8 Å². The number of rotatable bonds is 9. The first kappa shape index (κ1) is 26.2. The second kappa shape index (κ2) is 12.4. The Morgan fingerprint density at radius 3 is 2.59 bits per heavy atom. The van der Waals surface area contributed by atoms with Gasteiger partial charge in [-0.25, -0.2) is 5.43 Å². The molecule has 10 nitrogen and oxygen atoms in total. The van der Waals surface area contributed by atoms with E-state index in [0.29, 0.717) is 56.5 Å². The van der Waals surface area contributed by atoms with Crippen LogP contribution in [0.3, 0.4) is 0 Å². The molecule has 37 heavy (non-hydrogen) atoms. The summed E-state index contributed by atoms with van der Waals surface area (Å²) in [6, 6.07) is 12.8. The standard InChI is InChI=1S/C27H32N4O6/c1-3-36-24-14-20(6-9-23(24)37-18-26(33)30-10-12-35-13-11-30)16-28-29-27(34)21-15-25(32)31(17-21)22-7-4-19(2)5-8-22/h4-9,14,16,21H,3,10-13,15,17-18H2,1-2H3,(H,29,34)/b28-16+/t21-/m0/s1. The van der Waals surface area contributed by atoms with Crippen LogP contribution in [-0.4, -0.2) is 74.9 Å². The summed E-state index contributed by atoms with van der Waals surface area (Å²) in [7, 11) is 0. The van der Waals surface area contributed by atoms with Crippen molar-refractivity contribution in [3.63, 3.8) is 0 Å². The third kappa shape index (κ3) is 6.85. The van der Waals surface area contributed by atoms with Gasteiger partial charge in [0.1, 0.15) is 0 Å². The quantitative estimate of drug-likeness (QED) is 0.411. The van der Waals surface area contributed by atoms with Gasteiger partial charge in [0.2, 0.25) is 11.8 Å². The number of nitrogens with one attached hydrogen (secondary N) is 1. The number of morpholine rings is 1. The summed E-state index contributed by atoms with van der Waals surface area (Å²) < 4.78 is 16.7. The number of nitrogens with zero attached hydrogens (tertiary/aromatic N) is 3. The van der Waals surface area contributed by atoms with E-state index in [1.807, 2.05) is 38.1 Å². The molecular weight excluding hydrogens is 476 g/mol. The van der Waals surface area contributed by atoms with Crippen LogP contribution in [0.25, 0.3) is 0 Å². The van der Waals surface area contributed by atoms with E-state index in [4.69, 9.17) is 14.2 Å². The summed E-state index contributed by atoms with van der Waals surface area (Å²) in [6.07, 6.45) is 1.64. The van der Waals surface area contributed by atoms with Gasteiger partial charge in [-0.05, 0) is 49.7 Å². The van der Waals surface area contributed by atoms with Gasteiger partial charge in [-0.1, -0.05) is 17.7 Å². The normalized spacial score (nSPS) is 17.8. The van der Waals surface area contributed by atoms with Gasteiger partial charge in [0.05, 0.1) is 32.0 Å². The highest BCUT2D eigenvalue weighted by atomic mass is 16.5. The fourth-order valence-electron chi connectivity index (χ4n) is 4.16. The molecule has 2 heterocycles. The number of carbonyl (C=O) groups is 3. The molecule has 10 heteroatoms. The molecule has 2 aromatic rings. The molecule has 196 valence electrons. The third-order valence-electron chi connectivity index (χ3n) is 6.21. The molecule has 0 saturated carbocycles. The molecule has 3 amide bonds. The number of carbonyl (C=O) groups excluding carboxylic acids is 3. The number of hydrogen-bond donors (Lipinski definition) is 1. The van der Waals surface area contributed by atoms with Crippen LogP contribution < -0.4 is 19.8 Å². The number of hydrazone groups is 1. The van der Waals surface area contributed by atoms with Gasteiger partial charge in [0, 0.05) is 31.7 Å². The van der Waals surface area contributed by atoms with Crippen LogP contribution in [-0.2, 0) is 19.1 Å². The molecule has 1 N–H and O–H groups in total. The van der Waals surface area contributed by atoms with Gasteiger partial charge in [0.25, 0.3) is 5.91 Å². The molecule has 2 aliphatic rings. The Bertz CT molecular complexity index is 1140. The smallest absolute Gasteiger partial charge is 0.260 e. The zero-order chi connectivity index (χ0) is 26.2. The van der Waals surface area contributed by atoms with E-state index in [2.05, 4.69) is 10.5 Å². The fourth-order valence-corrected chi connectivity index (χ4v) is 4.16. The maximum absolute atomic E-state index is 12.6. The highest BCUT2D eigenvalue weighted by Gasteiger charge is 2.35. The van der Waals surface area contributed by atoms with E-state index >= 15 is 0 Å². The van der Waals surface area contributed by atoms with Crippen molar-refractivity contribution < 1.29 is 28.6 Å². The first-order chi connectivity index (χ1) is 17.9. The average Bonchev–Trinajstić information content (AvgIpc) is 3.30. The molecule has 2 saturated heterocycles. The van der Waals surface area contributed by atoms with E-state index in [1.54, 1.807) is 28.0 Å². The van der Waals surface area contributed by atoms with Gasteiger partial charge in [-0.3, -0.25) is 14.4 Å².